The summed E-state index contributed by atoms with van der Waals surface area (Å²) in [5.74, 6) is 2.56. The van der Waals surface area contributed by atoms with E-state index in [1.54, 1.807) is 23.0 Å². The highest BCUT2D eigenvalue weighted by Gasteiger charge is 2.31. The molecule has 0 atom stereocenters. The number of carbonyl (C=O) groups excluding carboxylic acids is 1. The van der Waals surface area contributed by atoms with E-state index in [0.717, 1.165) is 18.7 Å². The monoisotopic (exact) mass is 346 g/mol. The van der Waals surface area contributed by atoms with Gasteiger partial charge in [0.05, 0.1) is 12.0 Å². The van der Waals surface area contributed by atoms with Gasteiger partial charge in [0.1, 0.15) is 12.4 Å². The Morgan fingerprint density at radius 1 is 1.42 bits per heavy atom. The fraction of sp³-hybridized carbons (Fsp3) is 0.357. The molecule has 9 nitrogen and oxygen atoms in total. The molecule has 2 N–H and O–H groups in total. The summed E-state index contributed by atoms with van der Waals surface area (Å²) in [4.78, 5) is 15.6. The van der Waals surface area contributed by atoms with Gasteiger partial charge in [-0.3, -0.25) is 9.36 Å². The molecule has 0 aromatic carbocycles. The number of furan rings is 1. The zero-order valence-corrected chi connectivity index (χ0v) is 13.4. The van der Waals surface area contributed by atoms with Crippen LogP contribution in [0.3, 0.4) is 0 Å². The average molecular weight is 346 g/mol. The standard InChI is InChI=1S/C14H14N6O3S/c15-10(21)6-20-13(8-3-4-8)17-18-14(20)24-7-11-16-12(19-23-11)9-2-1-5-22-9/h1-2,5,8H,3-4,6-7H2,(H2,15,21). The van der Waals surface area contributed by atoms with Crippen LogP contribution in [0.4, 0.5) is 0 Å². The van der Waals surface area contributed by atoms with Gasteiger partial charge >= 0.3 is 0 Å². The molecule has 1 amide bonds. The summed E-state index contributed by atoms with van der Waals surface area (Å²) in [6, 6.07) is 3.51. The van der Waals surface area contributed by atoms with Gasteiger partial charge in [-0.1, -0.05) is 16.9 Å². The van der Waals surface area contributed by atoms with Crippen LogP contribution in [0.1, 0.15) is 30.5 Å². The first-order valence-corrected chi connectivity index (χ1v) is 8.40. The Bertz CT molecular complexity index is 852. The van der Waals surface area contributed by atoms with Gasteiger partial charge in [-0.2, -0.15) is 4.98 Å². The van der Waals surface area contributed by atoms with Crippen molar-refractivity contribution in [2.24, 2.45) is 5.73 Å². The molecule has 0 saturated heterocycles. The number of nitrogens with zero attached hydrogens (tertiary/aromatic N) is 5. The van der Waals surface area contributed by atoms with Crippen LogP contribution in [0, 0.1) is 0 Å². The molecule has 1 aliphatic carbocycles. The van der Waals surface area contributed by atoms with Crippen molar-refractivity contribution in [1.82, 2.24) is 24.9 Å². The molecule has 24 heavy (non-hydrogen) atoms. The molecule has 0 radical (unpaired) electrons. The maximum Gasteiger partial charge on any atom is 0.238 e. The minimum absolute atomic E-state index is 0.0721. The van der Waals surface area contributed by atoms with E-state index in [2.05, 4.69) is 20.3 Å². The van der Waals surface area contributed by atoms with Crippen LogP contribution < -0.4 is 5.73 Å². The minimum Gasteiger partial charge on any atom is -0.461 e. The predicted octanol–water partition coefficient (Wildman–Crippen LogP) is 1.58. The van der Waals surface area contributed by atoms with Crippen LogP contribution in [-0.4, -0.2) is 30.8 Å². The lowest BCUT2D eigenvalue weighted by Gasteiger charge is -2.06. The van der Waals surface area contributed by atoms with E-state index in [0.29, 0.717) is 34.3 Å². The molecule has 0 spiro atoms. The van der Waals surface area contributed by atoms with Crippen molar-refractivity contribution in [2.45, 2.75) is 36.2 Å². The number of rotatable bonds is 7. The van der Waals surface area contributed by atoms with Crippen LogP contribution >= 0.6 is 11.8 Å². The lowest BCUT2D eigenvalue weighted by atomic mass is 10.4. The first-order chi connectivity index (χ1) is 11.7. The van der Waals surface area contributed by atoms with Crippen LogP contribution in [0.15, 0.2) is 32.5 Å². The number of hydrogen-bond donors (Lipinski definition) is 1. The molecule has 0 bridgehead atoms. The van der Waals surface area contributed by atoms with Crippen LogP contribution in [0.2, 0.25) is 0 Å². The van der Waals surface area contributed by atoms with Crippen LogP contribution in [0.5, 0.6) is 0 Å². The molecule has 3 heterocycles. The topological polar surface area (TPSA) is 126 Å². The van der Waals surface area contributed by atoms with Gasteiger partial charge in [-0.05, 0) is 25.0 Å². The third-order valence-corrected chi connectivity index (χ3v) is 4.49. The fourth-order valence-corrected chi connectivity index (χ4v) is 3.08. The summed E-state index contributed by atoms with van der Waals surface area (Å²) < 4.78 is 12.2. The Morgan fingerprint density at radius 2 is 2.29 bits per heavy atom. The Morgan fingerprint density at radius 3 is 3.00 bits per heavy atom. The molecule has 4 rings (SSSR count). The SMILES string of the molecule is NC(=O)Cn1c(SCc2nc(-c3ccco3)no2)nnc1C1CC1. The Hall–Kier alpha value is -2.62. The molecule has 0 aliphatic heterocycles. The summed E-state index contributed by atoms with van der Waals surface area (Å²) in [5, 5.41) is 12.8. The number of carbonyl (C=O) groups is 1. The second-order valence-electron chi connectivity index (χ2n) is 5.45. The van der Waals surface area contributed by atoms with Crippen molar-refractivity contribution < 1.29 is 13.7 Å². The first-order valence-electron chi connectivity index (χ1n) is 7.41. The highest BCUT2D eigenvalue weighted by Crippen LogP contribution is 2.40. The van der Waals surface area contributed by atoms with Gasteiger partial charge in [-0.15, -0.1) is 10.2 Å². The summed E-state index contributed by atoms with van der Waals surface area (Å²) in [5.41, 5.74) is 5.33. The third kappa shape index (κ3) is 3.04. The number of primary amides is 1. The van der Waals surface area contributed by atoms with Crippen molar-refractivity contribution in [3.63, 3.8) is 0 Å². The smallest absolute Gasteiger partial charge is 0.238 e. The molecule has 3 aromatic rings. The summed E-state index contributed by atoms with van der Waals surface area (Å²) in [7, 11) is 0. The Labute approximate surface area is 140 Å². The molecular weight excluding hydrogens is 332 g/mol. The van der Waals surface area contributed by atoms with Crippen molar-refractivity contribution in [3.8, 4) is 11.6 Å². The lowest BCUT2D eigenvalue weighted by Crippen LogP contribution is -2.20. The van der Waals surface area contributed by atoms with E-state index >= 15 is 0 Å². The number of hydrogen-bond acceptors (Lipinski definition) is 8. The number of nitrogens with two attached hydrogens (primary N) is 1. The van der Waals surface area contributed by atoms with Crippen molar-refractivity contribution in [1.29, 1.82) is 0 Å². The largest absolute Gasteiger partial charge is 0.461 e. The second-order valence-corrected chi connectivity index (χ2v) is 6.39. The number of thioether (sulfide) groups is 1. The number of aromatic nitrogens is 5. The zero-order chi connectivity index (χ0) is 16.5. The predicted molar refractivity (Wildman–Crippen MR) is 82.8 cm³/mol. The summed E-state index contributed by atoms with van der Waals surface area (Å²) in [6.45, 7) is 0.0721. The third-order valence-electron chi connectivity index (χ3n) is 3.54. The maximum absolute atomic E-state index is 11.3. The van der Waals surface area contributed by atoms with Crippen molar-refractivity contribution >= 4 is 17.7 Å². The summed E-state index contributed by atoms with van der Waals surface area (Å²) in [6.07, 6.45) is 3.68. The van der Waals surface area contributed by atoms with Gasteiger partial charge in [-0.25, -0.2) is 0 Å². The van der Waals surface area contributed by atoms with Crippen molar-refractivity contribution in [3.05, 3.63) is 30.1 Å². The van der Waals surface area contributed by atoms with E-state index in [1.165, 1.54) is 11.8 Å². The molecule has 1 aliphatic rings. The second kappa shape index (κ2) is 6.11. The molecule has 10 heteroatoms. The van der Waals surface area contributed by atoms with E-state index in [9.17, 15) is 4.79 Å². The minimum atomic E-state index is -0.420. The molecular formula is C14H14N6O3S. The molecule has 124 valence electrons. The van der Waals surface area contributed by atoms with E-state index in [4.69, 9.17) is 14.7 Å². The average Bonchev–Trinajstić information content (AvgIpc) is 2.98. The molecule has 1 fully saturated rings. The summed E-state index contributed by atoms with van der Waals surface area (Å²) >= 11 is 1.37. The van der Waals surface area contributed by atoms with Gasteiger partial charge in [0.25, 0.3) is 0 Å². The normalized spacial score (nSPS) is 14.2. The van der Waals surface area contributed by atoms with Gasteiger partial charge in [0, 0.05) is 5.92 Å². The van der Waals surface area contributed by atoms with Crippen LogP contribution in [-0.2, 0) is 17.1 Å². The van der Waals surface area contributed by atoms with E-state index < -0.39 is 5.91 Å². The highest BCUT2D eigenvalue weighted by atomic mass is 32.2. The van der Waals surface area contributed by atoms with Crippen LogP contribution in [0.25, 0.3) is 11.6 Å². The maximum atomic E-state index is 11.3. The first kappa shape index (κ1) is 14.9. The van der Waals surface area contributed by atoms with Gasteiger partial charge in [0.15, 0.2) is 10.9 Å². The Balaban J connectivity index is 1.48. The Kier molecular flexibility index (Phi) is 3.81. The van der Waals surface area contributed by atoms with Gasteiger partial charge < -0.3 is 14.7 Å². The fourth-order valence-electron chi connectivity index (χ4n) is 2.30. The highest BCUT2D eigenvalue weighted by molar-refractivity contribution is 7.98. The lowest BCUT2D eigenvalue weighted by molar-refractivity contribution is -0.118. The molecule has 3 aromatic heterocycles. The van der Waals surface area contributed by atoms with Gasteiger partial charge in [0.2, 0.25) is 17.6 Å². The quantitative estimate of drug-likeness (QED) is 0.639. The molecule has 0 unspecified atom stereocenters. The number of amides is 1. The van der Waals surface area contributed by atoms with E-state index in [-0.39, 0.29) is 6.54 Å². The van der Waals surface area contributed by atoms with E-state index in [1.807, 2.05) is 0 Å². The zero-order valence-electron chi connectivity index (χ0n) is 12.6. The molecule has 1 saturated carbocycles. The van der Waals surface area contributed by atoms with Crippen molar-refractivity contribution in [2.75, 3.05) is 0 Å².